The smallest absolute Gasteiger partial charge is 0.265 e. The zero-order valence-corrected chi connectivity index (χ0v) is 18.8. The lowest BCUT2D eigenvalue weighted by Gasteiger charge is -2.16. The van der Waals surface area contributed by atoms with Crippen molar-refractivity contribution in [3.05, 3.63) is 83.4 Å². The van der Waals surface area contributed by atoms with E-state index < -0.39 is 16.1 Å². The average molecular weight is 439 g/mol. The quantitative estimate of drug-likeness (QED) is 0.554. The van der Waals surface area contributed by atoms with Crippen LogP contribution in [0, 0.1) is 20.8 Å². The summed E-state index contributed by atoms with van der Waals surface area (Å²) < 4.78 is 33.8. The van der Waals surface area contributed by atoms with E-state index in [1.165, 1.54) is 12.1 Å². The predicted octanol–water partition coefficient (Wildman–Crippen LogP) is 4.82. The highest BCUT2D eigenvalue weighted by molar-refractivity contribution is 7.92. The number of rotatable bonds is 7. The average Bonchev–Trinajstić information content (AvgIpc) is 2.71. The SMILES string of the molecule is Cc1cccc(O[C@@H](C)C(=O)Nc2ccc(S(=O)(=O)Nc3c(C)cccc3C)cc2)c1. The molecule has 162 valence electrons. The first-order chi connectivity index (χ1) is 14.7. The Morgan fingerprint density at radius 2 is 1.52 bits per heavy atom. The van der Waals surface area contributed by atoms with Gasteiger partial charge >= 0.3 is 0 Å². The molecule has 0 fully saturated rings. The Morgan fingerprint density at radius 1 is 0.903 bits per heavy atom. The van der Waals surface area contributed by atoms with Crippen LogP contribution in [-0.4, -0.2) is 20.4 Å². The fraction of sp³-hybridized carbons (Fsp3) is 0.208. The molecule has 0 aliphatic heterocycles. The summed E-state index contributed by atoms with van der Waals surface area (Å²) in [4.78, 5) is 12.5. The first kappa shape index (κ1) is 22.4. The first-order valence-electron chi connectivity index (χ1n) is 9.89. The molecule has 0 heterocycles. The molecule has 1 amide bonds. The fourth-order valence-electron chi connectivity index (χ4n) is 3.08. The summed E-state index contributed by atoms with van der Waals surface area (Å²) in [5, 5.41) is 2.74. The molecule has 0 radical (unpaired) electrons. The monoisotopic (exact) mass is 438 g/mol. The van der Waals surface area contributed by atoms with Crippen LogP contribution in [0.1, 0.15) is 23.6 Å². The third-order valence-electron chi connectivity index (χ3n) is 4.82. The maximum absolute atomic E-state index is 12.8. The molecule has 3 aromatic carbocycles. The van der Waals surface area contributed by atoms with Gasteiger partial charge in [0.15, 0.2) is 6.10 Å². The van der Waals surface area contributed by atoms with Gasteiger partial charge in [0.2, 0.25) is 0 Å². The maximum atomic E-state index is 12.8. The molecule has 0 saturated heterocycles. The van der Waals surface area contributed by atoms with E-state index in [0.29, 0.717) is 17.1 Å². The number of nitrogens with one attached hydrogen (secondary N) is 2. The summed E-state index contributed by atoms with van der Waals surface area (Å²) in [6.07, 6.45) is -0.712. The van der Waals surface area contributed by atoms with Gasteiger partial charge in [-0.1, -0.05) is 30.3 Å². The van der Waals surface area contributed by atoms with Crippen LogP contribution in [0.2, 0.25) is 0 Å². The van der Waals surface area contributed by atoms with Crippen molar-refractivity contribution in [3.63, 3.8) is 0 Å². The second-order valence-electron chi connectivity index (χ2n) is 7.46. The van der Waals surface area contributed by atoms with E-state index in [-0.39, 0.29) is 10.8 Å². The van der Waals surface area contributed by atoms with Gasteiger partial charge in [-0.25, -0.2) is 8.42 Å². The lowest BCUT2D eigenvalue weighted by molar-refractivity contribution is -0.122. The number of hydrogen-bond donors (Lipinski definition) is 2. The number of benzene rings is 3. The normalized spacial score (nSPS) is 12.1. The van der Waals surface area contributed by atoms with E-state index in [9.17, 15) is 13.2 Å². The first-order valence-corrected chi connectivity index (χ1v) is 11.4. The number of ether oxygens (including phenoxy) is 1. The minimum Gasteiger partial charge on any atom is -0.481 e. The topological polar surface area (TPSA) is 84.5 Å². The number of sulfonamides is 1. The number of aryl methyl sites for hydroxylation is 3. The molecule has 0 unspecified atom stereocenters. The molecule has 0 aliphatic carbocycles. The molecule has 6 nitrogen and oxygen atoms in total. The van der Waals surface area contributed by atoms with E-state index in [4.69, 9.17) is 4.74 Å². The van der Waals surface area contributed by atoms with Crippen LogP contribution in [0.3, 0.4) is 0 Å². The summed E-state index contributed by atoms with van der Waals surface area (Å²) in [6.45, 7) is 7.31. The Bertz CT molecular complexity index is 1170. The van der Waals surface area contributed by atoms with Gasteiger partial charge in [-0.2, -0.15) is 0 Å². The second kappa shape index (κ2) is 9.22. The molecule has 3 rings (SSSR count). The number of carbonyl (C=O) groups is 1. The Labute approximate surface area is 183 Å². The van der Waals surface area contributed by atoms with Crippen LogP contribution in [0.15, 0.2) is 71.6 Å². The van der Waals surface area contributed by atoms with Gasteiger partial charge in [0.05, 0.1) is 10.6 Å². The summed E-state index contributed by atoms with van der Waals surface area (Å²) in [5.41, 5.74) is 3.78. The lowest BCUT2D eigenvalue weighted by atomic mass is 10.1. The predicted molar refractivity (Wildman–Crippen MR) is 123 cm³/mol. The number of hydrogen-bond acceptors (Lipinski definition) is 4. The Morgan fingerprint density at radius 3 is 2.13 bits per heavy atom. The van der Waals surface area contributed by atoms with Gasteiger partial charge in [0, 0.05) is 5.69 Å². The summed E-state index contributed by atoms with van der Waals surface area (Å²) in [5.74, 6) is 0.285. The third-order valence-corrected chi connectivity index (χ3v) is 6.19. The maximum Gasteiger partial charge on any atom is 0.265 e. The zero-order chi connectivity index (χ0) is 22.6. The molecular formula is C24H26N2O4S. The molecule has 3 aromatic rings. The van der Waals surface area contributed by atoms with E-state index in [1.54, 1.807) is 25.1 Å². The van der Waals surface area contributed by atoms with Crippen LogP contribution in [-0.2, 0) is 14.8 Å². The van der Waals surface area contributed by atoms with E-state index in [2.05, 4.69) is 10.0 Å². The highest BCUT2D eigenvalue weighted by Gasteiger charge is 2.18. The fourth-order valence-corrected chi connectivity index (χ4v) is 4.28. The second-order valence-corrected chi connectivity index (χ2v) is 9.14. The molecule has 0 bridgehead atoms. The molecule has 0 spiro atoms. The number of anilines is 2. The molecule has 0 aromatic heterocycles. The van der Waals surface area contributed by atoms with E-state index in [0.717, 1.165) is 16.7 Å². The van der Waals surface area contributed by atoms with Gasteiger partial charge in [0.1, 0.15) is 5.75 Å². The third kappa shape index (κ3) is 5.64. The Balaban J connectivity index is 1.67. The lowest BCUT2D eigenvalue weighted by Crippen LogP contribution is -2.30. The van der Waals surface area contributed by atoms with Crippen molar-refractivity contribution in [2.24, 2.45) is 0 Å². The molecule has 0 saturated carbocycles. The highest BCUT2D eigenvalue weighted by atomic mass is 32.2. The minimum absolute atomic E-state index is 0.109. The largest absolute Gasteiger partial charge is 0.481 e. The zero-order valence-electron chi connectivity index (χ0n) is 18.0. The number of carbonyl (C=O) groups excluding carboxylic acids is 1. The highest BCUT2D eigenvalue weighted by Crippen LogP contribution is 2.24. The molecule has 7 heteroatoms. The number of amides is 1. The summed E-state index contributed by atoms with van der Waals surface area (Å²) in [7, 11) is -3.75. The van der Waals surface area contributed by atoms with Gasteiger partial charge in [0.25, 0.3) is 15.9 Å². The van der Waals surface area contributed by atoms with E-state index >= 15 is 0 Å². The van der Waals surface area contributed by atoms with Gasteiger partial charge in [-0.3, -0.25) is 9.52 Å². The van der Waals surface area contributed by atoms with Crippen molar-refractivity contribution in [1.82, 2.24) is 0 Å². The van der Waals surface area contributed by atoms with Crippen molar-refractivity contribution in [2.45, 2.75) is 38.7 Å². The van der Waals surface area contributed by atoms with Crippen LogP contribution < -0.4 is 14.8 Å². The van der Waals surface area contributed by atoms with Gasteiger partial charge in [-0.15, -0.1) is 0 Å². The molecule has 1 atom stereocenters. The summed E-state index contributed by atoms with van der Waals surface area (Å²) >= 11 is 0. The minimum atomic E-state index is -3.75. The van der Waals surface area contributed by atoms with E-state index in [1.807, 2.05) is 57.2 Å². The number of para-hydroxylation sites is 1. The Kier molecular flexibility index (Phi) is 6.65. The van der Waals surface area contributed by atoms with Crippen molar-refractivity contribution in [1.29, 1.82) is 0 Å². The van der Waals surface area contributed by atoms with Crippen molar-refractivity contribution >= 4 is 27.3 Å². The molecule has 2 N–H and O–H groups in total. The Hall–Kier alpha value is -3.32. The van der Waals surface area contributed by atoms with Crippen molar-refractivity contribution in [2.75, 3.05) is 10.0 Å². The van der Waals surface area contributed by atoms with Crippen LogP contribution in [0.5, 0.6) is 5.75 Å². The van der Waals surface area contributed by atoms with Crippen LogP contribution in [0.25, 0.3) is 0 Å². The van der Waals surface area contributed by atoms with Crippen LogP contribution >= 0.6 is 0 Å². The van der Waals surface area contributed by atoms with Crippen molar-refractivity contribution in [3.8, 4) is 5.75 Å². The summed E-state index contributed by atoms with van der Waals surface area (Å²) in [6, 6.07) is 19.1. The van der Waals surface area contributed by atoms with Crippen molar-refractivity contribution < 1.29 is 17.9 Å². The van der Waals surface area contributed by atoms with Crippen LogP contribution in [0.4, 0.5) is 11.4 Å². The van der Waals surface area contributed by atoms with Gasteiger partial charge < -0.3 is 10.1 Å². The standard InChI is InChI=1S/C24H26N2O4S/c1-16-7-5-10-21(15-16)30-19(4)24(27)25-20-11-13-22(14-12-20)31(28,29)26-23-17(2)8-6-9-18(23)3/h5-15,19,26H,1-4H3,(H,25,27)/t19-/m0/s1. The molecule has 0 aliphatic rings. The van der Waals surface area contributed by atoms with Gasteiger partial charge in [-0.05, 0) is 80.8 Å². The molecular weight excluding hydrogens is 412 g/mol. The molecule has 31 heavy (non-hydrogen) atoms.